The predicted molar refractivity (Wildman–Crippen MR) is 214 cm³/mol. The smallest absolute Gasteiger partial charge is 0.135 e. The van der Waals surface area contributed by atoms with Gasteiger partial charge in [-0.25, -0.2) is 0 Å². The Morgan fingerprint density at radius 1 is 0.614 bits per heavy atom. The van der Waals surface area contributed by atoms with E-state index >= 15 is 0 Å². The summed E-state index contributed by atoms with van der Waals surface area (Å²) in [5.41, 5.74) is 5.50. The van der Waals surface area contributed by atoms with Crippen LogP contribution in [0.25, 0.3) is 21.8 Å². The van der Waals surface area contributed by atoms with Gasteiger partial charge >= 0.3 is 0 Å². The van der Waals surface area contributed by atoms with E-state index in [4.69, 9.17) is 24.4 Å². The van der Waals surface area contributed by atoms with Gasteiger partial charge in [-0.05, 0) is 62.8 Å². The fourth-order valence-corrected chi connectivity index (χ4v) is 7.37. The Balaban J connectivity index is 0.00000232. The first-order chi connectivity index (χ1) is 21.2. The number of benzene rings is 2. The maximum atomic E-state index is 5.43. The lowest BCUT2D eigenvalue weighted by Crippen LogP contribution is -2.16. The molecule has 0 saturated carbocycles. The fourth-order valence-electron chi connectivity index (χ4n) is 5.31. The summed E-state index contributed by atoms with van der Waals surface area (Å²) in [6.45, 7) is 12.4. The molecule has 0 bridgehead atoms. The monoisotopic (exact) mass is 675 g/mol. The first kappa shape index (κ1) is 40.7. The Hall–Kier alpha value is -1.28. The van der Waals surface area contributed by atoms with Crippen LogP contribution >= 0.6 is 48.0 Å². The number of hydrogen-bond donors (Lipinski definition) is 0. The van der Waals surface area contributed by atoms with Gasteiger partial charge in [0, 0.05) is 67.5 Å². The van der Waals surface area contributed by atoms with Crippen molar-refractivity contribution in [1.82, 2.24) is 14.4 Å². The third-order valence-electron chi connectivity index (χ3n) is 7.53. The largest absolute Gasteiger partial charge is 0.364 e. The molecule has 248 valence electrons. The molecule has 0 atom stereocenters. The molecule has 0 amide bonds. The van der Waals surface area contributed by atoms with Crippen molar-refractivity contribution in [3.8, 4) is 0 Å². The van der Waals surface area contributed by atoms with Crippen LogP contribution in [-0.2, 0) is 0 Å². The van der Waals surface area contributed by atoms with Crippen molar-refractivity contribution in [1.29, 1.82) is 0 Å². The molecule has 7 heteroatoms. The number of rotatable bonds is 15. The van der Waals surface area contributed by atoms with Crippen molar-refractivity contribution in [2.45, 2.75) is 112 Å². The van der Waals surface area contributed by atoms with Crippen molar-refractivity contribution < 1.29 is 0 Å². The lowest BCUT2D eigenvalue weighted by atomic mass is 10.00. The molecule has 0 unspecified atom stereocenters. The third kappa shape index (κ3) is 13.6. The van der Waals surface area contributed by atoms with E-state index in [-0.39, 0.29) is 0 Å². The molecular formula is C37H61N3S4. The predicted octanol–water partition coefficient (Wildman–Crippen LogP) is 12.1. The number of fused-ring (bicyclic) bond motifs is 3. The van der Waals surface area contributed by atoms with Crippen LogP contribution in [-0.4, -0.2) is 62.7 Å². The maximum Gasteiger partial charge on any atom is 0.135 e. The Morgan fingerprint density at radius 2 is 0.977 bits per heavy atom. The van der Waals surface area contributed by atoms with Gasteiger partial charge in [0.2, 0.25) is 0 Å². The molecule has 0 radical (unpaired) electrons. The first-order valence-electron chi connectivity index (χ1n) is 16.9. The number of aryl methyl sites for hydroxylation is 2. The van der Waals surface area contributed by atoms with Gasteiger partial charge in [0.25, 0.3) is 0 Å². The summed E-state index contributed by atoms with van der Waals surface area (Å²) < 4.78 is 4.70. The lowest BCUT2D eigenvalue weighted by molar-refractivity contribution is 0.413. The fraction of sp³-hybridized carbons (Fsp3) is 0.622. The summed E-state index contributed by atoms with van der Waals surface area (Å²) in [4.78, 5) is 4.08. The molecule has 0 spiro atoms. The van der Waals surface area contributed by atoms with Crippen molar-refractivity contribution in [2.24, 2.45) is 0 Å². The third-order valence-corrected chi connectivity index (χ3v) is 11.2. The Labute approximate surface area is 290 Å². The standard InChI is InChI=1S/C33H49N3S4.2C2H6/c1-25-17-19-28-29-20-18-26(2)24-31(29)36(30(28)23-25)27(15-11-7-9-13-21-39-32(37)34(3)4)16-12-8-10-14-22-40-33(38)35(5)6;2*1-2/h17-20,23-24,27H,7-16,21-22H2,1-6H3;2*1-2H3. The van der Waals surface area contributed by atoms with Gasteiger partial charge in [0.05, 0.1) is 0 Å². The summed E-state index contributed by atoms with van der Waals surface area (Å²) in [6, 6.07) is 14.6. The summed E-state index contributed by atoms with van der Waals surface area (Å²) >= 11 is 14.5. The second-order valence-corrected chi connectivity index (χ2v) is 14.9. The van der Waals surface area contributed by atoms with Gasteiger partial charge < -0.3 is 14.4 Å². The number of aromatic nitrogens is 1. The maximum absolute atomic E-state index is 5.43. The van der Waals surface area contributed by atoms with E-state index in [1.807, 2.05) is 89.2 Å². The molecular weight excluding hydrogens is 615 g/mol. The summed E-state index contributed by atoms with van der Waals surface area (Å²) in [5, 5.41) is 2.79. The molecule has 3 nitrogen and oxygen atoms in total. The molecule has 0 aliphatic rings. The molecule has 0 saturated heterocycles. The minimum absolute atomic E-state index is 0.537. The normalized spacial score (nSPS) is 10.8. The van der Waals surface area contributed by atoms with Crippen LogP contribution in [0.3, 0.4) is 0 Å². The minimum Gasteiger partial charge on any atom is -0.364 e. The zero-order valence-electron chi connectivity index (χ0n) is 29.5. The van der Waals surface area contributed by atoms with E-state index < -0.39 is 0 Å². The van der Waals surface area contributed by atoms with Crippen molar-refractivity contribution in [2.75, 3.05) is 39.7 Å². The summed E-state index contributed by atoms with van der Waals surface area (Å²) in [5.74, 6) is 2.26. The van der Waals surface area contributed by atoms with Crippen LogP contribution in [0, 0.1) is 13.8 Å². The number of hydrogen-bond acceptors (Lipinski definition) is 4. The summed E-state index contributed by atoms with van der Waals surface area (Å²) in [6.07, 6.45) is 12.7. The van der Waals surface area contributed by atoms with Gasteiger partial charge in [-0.1, -0.05) is 138 Å². The molecule has 0 fully saturated rings. The summed E-state index contributed by atoms with van der Waals surface area (Å²) in [7, 11) is 8.14. The van der Waals surface area contributed by atoms with Crippen LogP contribution in [0.1, 0.15) is 109 Å². The highest BCUT2D eigenvalue weighted by molar-refractivity contribution is 8.23. The van der Waals surface area contributed by atoms with E-state index in [2.05, 4.69) is 54.8 Å². The van der Waals surface area contributed by atoms with E-state index in [1.165, 1.54) is 97.1 Å². The molecule has 0 aliphatic heterocycles. The zero-order chi connectivity index (χ0) is 33.1. The highest BCUT2D eigenvalue weighted by Crippen LogP contribution is 2.36. The number of thioether (sulfide) groups is 2. The van der Waals surface area contributed by atoms with E-state index in [0.29, 0.717) is 6.04 Å². The zero-order valence-corrected chi connectivity index (χ0v) is 32.8. The Morgan fingerprint density at radius 3 is 1.34 bits per heavy atom. The average Bonchev–Trinajstić information content (AvgIpc) is 3.32. The first-order valence-corrected chi connectivity index (χ1v) is 19.7. The van der Waals surface area contributed by atoms with Gasteiger partial charge in [-0.2, -0.15) is 0 Å². The molecule has 0 aliphatic carbocycles. The van der Waals surface area contributed by atoms with Crippen LogP contribution < -0.4 is 0 Å². The second kappa shape index (κ2) is 23.1. The van der Waals surface area contributed by atoms with Gasteiger partial charge in [-0.3, -0.25) is 0 Å². The average molecular weight is 676 g/mol. The minimum atomic E-state index is 0.537. The van der Waals surface area contributed by atoms with Gasteiger partial charge in [0.1, 0.15) is 8.64 Å². The second-order valence-electron chi connectivity index (χ2n) is 11.5. The van der Waals surface area contributed by atoms with Gasteiger partial charge in [0.15, 0.2) is 0 Å². The molecule has 2 aromatic carbocycles. The Kier molecular flexibility index (Phi) is 21.4. The lowest BCUT2D eigenvalue weighted by Gasteiger charge is -2.22. The van der Waals surface area contributed by atoms with Crippen molar-refractivity contribution in [3.05, 3.63) is 47.5 Å². The van der Waals surface area contributed by atoms with Crippen LogP contribution in [0.15, 0.2) is 36.4 Å². The quantitative estimate of drug-likeness (QED) is 0.116. The highest BCUT2D eigenvalue weighted by atomic mass is 32.2. The molecule has 3 aromatic rings. The van der Waals surface area contributed by atoms with Crippen LogP contribution in [0.2, 0.25) is 0 Å². The highest BCUT2D eigenvalue weighted by Gasteiger charge is 2.19. The molecule has 44 heavy (non-hydrogen) atoms. The number of unbranched alkanes of at least 4 members (excludes halogenated alkanes) is 6. The van der Waals surface area contributed by atoms with Crippen LogP contribution in [0.5, 0.6) is 0 Å². The molecule has 0 N–H and O–H groups in total. The number of thiocarbonyl (C=S) groups is 2. The van der Waals surface area contributed by atoms with Crippen molar-refractivity contribution in [3.63, 3.8) is 0 Å². The Bertz CT molecular complexity index is 1160. The van der Waals surface area contributed by atoms with E-state index in [0.717, 1.165) is 20.1 Å². The molecule has 1 heterocycles. The number of nitrogens with zero attached hydrogens (tertiary/aromatic N) is 3. The van der Waals surface area contributed by atoms with E-state index in [9.17, 15) is 0 Å². The van der Waals surface area contributed by atoms with Crippen molar-refractivity contribution >= 4 is 78.4 Å². The SMILES string of the molecule is CC.CC.Cc1ccc2c3ccc(C)cc3n(C(CCCCCCSC(=S)N(C)C)CCCCCCSC(=S)N(C)C)c2c1. The molecule has 3 rings (SSSR count). The van der Waals surface area contributed by atoms with Gasteiger partial charge in [-0.15, -0.1) is 0 Å². The topological polar surface area (TPSA) is 11.4 Å². The molecule has 1 aromatic heterocycles. The van der Waals surface area contributed by atoms with Crippen LogP contribution in [0.4, 0.5) is 0 Å². The van der Waals surface area contributed by atoms with E-state index in [1.54, 1.807) is 0 Å².